The molecule has 7 nitrogen and oxygen atoms in total. The molecule has 0 bridgehead atoms. The van der Waals surface area contributed by atoms with E-state index in [-0.39, 0.29) is 0 Å². The van der Waals surface area contributed by atoms with Crippen LogP contribution in [0.2, 0.25) is 5.02 Å². The maximum absolute atomic E-state index is 6.20. The number of benzene rings is 1. The molecule has 2 saturated heterocycles. The second-order valence-electron chi connectivity index (χ2n) is 7.86. The fourth-order valence-electron chi connectivity index (χ4n) is 4.15. The van der Waals surface area contributed by atoms with Crippen LogP contribution >= 0.6 is 11.6 Å². The first kappa shape index (κ1) is 22.0. The van der Waals surface area contributed by atoms with E-state index < -0.39 is 0 Å². The molecule has 0 saturated carbocycles. The van der Waals surface area contributed by atoms with Crippen LogP contribution in [0.3, 0.4) is 0 Å². The summed E-state index contributed by atoms with van der Waals surface area (Å²) in [5, 5.41) is 7.78. The molecule has 3 atom stereocenters. The van der Waals surface area contributed by atoms with Gasteiger partial charge in [-0.25, -0.2) is 0 Å². The highest BCUT2D eigenvalue weighted by Gasteiger charge is 2.27. The number of nitrogens with one attached hydrogen (secondary N) is 2. The van der Waals surface area contributed by atoms with Crippen molar-refractivity contribution < 1.29 is 9.47 Å². The van der Waals surface area contributed by atoms with Crippen molar-refractivity contribution in [1.82, 2.24) is 15.5 Å². The lowest BCUT2D eigenvalue weighted by Gasteiger charge is -2.38. The van der Waals surface area contributed by atoms with Gasteiger partial charge in [0, 0.05) is 56.4 Å². The molecule has 29 heavy (non-hydrogen) atoms. The predicted octanol–water partition coefficient (Wildman–Crippen LogP) is 2.20. The van der Waals surface area contributed by atoms with Gasteiger partial charge in [0.15, 0.2) is 5.96 Å². The molecule has 2 fully saturated rings. The molecule has 0 aromatic heterocycles. The average Bonchev–Trinajstić information content (AvgIpc) is 3.19. The summed E-state index contributed by atoms with van der Waals surface area (Å²) in [6.45, 7) is 9.76. The van der Waals surface area contributed by atoms with Gasteiger partial charge in [0.1, 0.15) is 5.75 Å². The van der Waals surface area contributed by atoms with Gasteiger partial charge in [0.2, 0.25) is 0 Å². The van der Waals surface area contributed by atoms with E-state index in [1.165, 1.54) is 0 Å². The summed E-state index contributed by atoms with van der Waals surface area (Å²) < 4.78 is 11.1. The molecule has 3 rings (SSSR count). The fourth-order valence-corrected chi connectivity index (χ4v) is 4.32. The Kier molecular flexibility index (Phi) is 7.86. The highest BCUT2D eigenvalue weighted by Crippen LogP contribution is 2.33. The van der Waals surface area contributed by atoms with E-state index in [1.54, 1.807) is 7.11 Å². The normalized spacial score (nSPS) is 24.4. The Morgan fingerprint density at radius 2 is 2.24 bits per heavy atom. The minimum atomic E-state index is 0.322. The van der Waals surface area contributed by atoms with Crippen molar-refractivity contribution in [2.24, 2.45) is 4.99 Å². The molecule has 0 amide bonds. The molecule has 2 heterocycles. The molecule has 0 radical (unpaired) electrons. The maximum atomic E-state index is 6.20. The summed E-state index contributed by atoms with van der Waals surface area (Å²) in [5.41, 5.74) is 1.04. The van der Waals surface area contributed by atoms with Gasteiger partial charge >= 0.3 is 0 Å². The van der Waals surface area contributed by atoms with Gasteiger partial charge in [0.25, 0.3) is 0 Å². The number of anilines is 1. The van der Waals surface area contributed by atoms with Gasteiger partial charge in [-0.1, -0.05) is 11.6 Å². The molecule has 2 aliphatic rings. The summed E-state index contributed by atoms with van der Waals surface area (Å²) in [5.74, 6) is 1.70. The van der Waals surface area contributed by atoms with E-state index >= 15 is 0 Å². The molecular formula is C21H34ClN5O2. The van der Waals surface area contributed by atoms with Gasteiger partial charge in [-0.2, -0.15) is 0 Å². The first-order valence-corrected chi connectivity index (χ1v) is 10.8. The molecule has 8 heteroatoms. The fraction of sp³-hybridized carbons (Fsp3) is 0.667. The van der Waals surface area contributed by atoms with Gasteiger partial charge in [-0.15, -0.1) is 0 Å². The van der Waals surface area contributed by atoms with Gasteiger partial charge in [0.05, 0.1) is 26.0 Å². The summed E-state index contributed by atoms with van der Waals surface area (Å²) in [4.78, 5) is 9.23. The zero-order chi connectivity index (χ0) is 20.8. The summed E-state index contributed by atoms with van der Waals surface area (Å²) in [6, 6.07) is 6.95. The van der Waals surface area contributed by atoms with E-state index in [9.17, 15) is 0 Å². The Morgan fingerprint density at radius 3 is 2.97 bits per heavy atom. The van der Waals surface area contributed by atoms with Gasteiger partial charge in [-0.3, -0.25) is 9.89 Å². The second-order valence-corrected chi connectivity index (χ2v) is 8.29. The van der Waals surface area contributed by atoms with E-state index in [4.69, 9.17) is 21.1 Å². The van der Waals surface area contributed by atoms with Crippen molar-refractivity contribution in [3.05, 3.63) is 23.2 Å². The van der Waals surface area contributed by atoms with Crippen LogP contribution in [0, 0.1) is 0 Å². The Morgan fingerprint density at radius 1 is 1.41 bits per heavy atom. The Bertz CT molecular complexity index is 702. The number of rotatable bonds is 6. The quantitative estimate of drug-likeness (QED) is 0.540. The molecule has 0 aliphatic carbocycles. The Balaban J connectivity index is 1.51. The largest absolute Gasteiger partial charge is 0.495 e. The monoisotopic (exact) mass is 423 g/mol. The molecular weight excluding hydrogens is 390 g/mol. The van der Waals surface area contributed by atoms with Crippen molar-refractivity contribution >= 4 is 23.2 Å². The number of nitrogens with zero attached hydrogens (tertiary/aromatic N) is 3. The Hall–Kier alpha value is -1.70. The number of hydrogen-bond donors (Lipinski definition) is 2. The van der Waals surface area contributed by atoms with Crippen LogP contribution < -0.4 is 20.3 Å². The van der Waals surface area contributed by atoms with E-state index in [1.807, 2.05) is 25.2 Å². The topological polar surface area (TPSA) is 61.4 Å². The van der Waals surface area contributed by atoms with Crippen molar-refractivity contribution in [2.45, 2.75) is 38.4 Å². The number of morpholine rings is 1. The maximum Gasteiger partial charge on any atom is 0.191 e. The first-order valence-electron chi connectivity index (χ1n) is 10.4. The first-order chi connectivity index (χ1) is 14.0. The molecule has 1 aromatic carbocycles. The smallest absolute Gasteiger partial charge is 0.191 e. The molecule has 2 N–H and O–H groups in total. The summed E-state index contributed by atoms with van der Waals surface area (Å²) >= 11 is 6.20. The van der Waals surface area contributed by atoms with E-state index in [2.05, 4.69) is 39.3 Å². The molecule has 0 spiro atoms. The minimum absolute atomic E-state index is 0.322. The van der Waals surface area contributed by atoms with E-state index in [0.29, 0.717) is 18.1 Å². The number of guanidine groups is 1. The van der Waals surface area contributed by atoms with Crippen molar-refractivity contribution in [3.63, 3.8) is 0 Å². The van der Waals surface area contributed by atoms with Crippen molar-refractivity contribution in [3.8, 4) is 5.75 Å². The summed E-state index contributed by atoms with van der Waals surface area (Å²) in [7, 11) is 3.52. The second kappa shape index (κ2) is 10.4. The van der Waals surface area contributed by atoms with Crippen LogP contribution in [0.4, 0.5) is 5.69 Å². The number of hydrogen-bond acceptors (Lipinski definition) is 5. The minimum Gasteiger partial charge on any atom is -0.495 e. The van der Waals surface area contributed by atoms with Crippen LogP contribution in [0.15, 0.2) is 23.2 Å². The van der Waals surface area contributed by atoms with Crippen LogP contribution in [-0.2, 0) is 4.74 Å². The standard InChI is InChI=1S/C21H34ClN5O2/c1-15(27-9-10-29-14-16(27)2)12-24-21(23-3)25-18-7-8-26(13-18)19-11-17(22)5-6-20(19)28-4/h5-6,11,15-16,18H,7-10,12-14H2,1-4H3,(H2,23,24,25). The zero-order valence-electron chi connectivity index (χ0n) is 17.9. The van der Waals surface area contributed by atoms with Crippen LogP contribution in [0.25, 0.3) is 0 Å². The number of ether oxygens (including phenoxy) is 2. The third-order valence-corrected chi connectivity index (χ3v) is 6.02. The van der Waals surface area contributed by atoms with Crippen molar-refractivity contribution in [1.29, 1.82) is 0 Å². The van der Waals surface area contributed by atoms with Crippen LogP contribution in [-0.4, -0.2) is 82.5 Å². The average molecular weight is 424 g/mol. The molecule has 162 valence electrons. The summed E-state index contributed by atoms with van der Waals surface area (Å²) in [6.07, 6.45) is 1.03. The lowest BCUT2D eigenvalue weighted by molar-refractivity contribution is -0.0174. The highest BCUT2D eigenvalue weighted by atomic mass is 35.5. The third-order valence-electron chi connectivity index (χ3n) is 5.78. The SMILES string of the molecule is CN=C(NCC(C)N1CCOCC1C)NC1CCN(c2cc(Cl)ccc2OC)C1. The lowest BCUT2D eigenvalue weighted by atomic mass is 10.2. The number of aliphatic imine (C=N–C) groups is 1. The van der Waals surface area contributed by atoms with Crippen LogP contribution in [0.5, 0.6) is 5.75 Å². The molecule has 2 aliphatic heterocycles. The van der Waals surface area contributed by atoms with Crippen LogP contribution in [0.1, 0.15) is 20.3 Å². The predicted molar refractivity (Wildman–Crippen MR) is 120 cm³/mol. The lowest BCUT2D eigenvalue weighted by Crippen LogP contribution is -2.53. The van der Waals surface area contributed by atoms with E-state index in [0.717, 1.165) is 68.2 Å². The molecule has 3 unspecified atom stereocenters. The van der Waals surface area contributed by atoms with Crippen molar-refractivity contribution in [2.75, 3.05) is 58.5 Å². The Labute approximate surface area is 179 Å². The number of halogens is 1. The van der Waals surface area contributed by atoms with Gasteiger partial charge in [-0.05, 0) is 38.5 Å². The third kappa shape index (κ3) is 5.68. The molecule has 1 aromatic rings. The highest BCUT2D eigenvalue weighted by molar-refractivity contribution is 6.30. The van der Waals surface area contributed by atoms with Gasteiger partial charge < -0.3 is 25.0 Å². The zero-order valence-corrected chi connectivity index (χ0v) is 18.7. The number of methoxy groups -OCH3 is 1.